The van der Waals surface area contributed by atoms with Crippen molar-refractivity contribution in [3.63, 3.8) is 0 Å². The zero-order valence-electron chi connectivity index (χ0n) is 15.5. The molecule has 7 heteroatoms. The zero-order valence-corrected chi connectivity index (χ0v) is 16.4. The molecular formula is C20H24N2O4S. The molecule has 0 N–H and O–H groups in total. The van der Waals surface area contributed by atoms with Gasteiger partial charge in [-0.1, -0.05) is 12.1 Å². The number of rotatable bonds is 5. The van der Waals surface area contributed by atoms with E-state index >= 15 is 0 Å². The van der Waals surface area contributed by atoms with Gasteiger partial charge < -0.3 is 23.8 Å². The van der Waals surface area contributed by atoms with Crippen molar-refractivity contribution in [2.24, 2.45) is 0 Å². The fraction of sp³-hybridized carbons (Fsp3) is 0.450. The first-order chi connectivity index (χ1) is 13.2. The van der Waals surface area contributed by atoms with Gasteiger partial charge in [0.2, 0.25) is 0 Å². The van der Waals surface area contributed by atoms with E-state index in [9.17, 15) is 0 Å². The Morgan fingerprint density at radius 3 is 2.44 bits per heavy atom. The molecule has 4 rings (SSSR count). The molecule has 27 heavy (non-hydrogen) atoms. The van der Waals surface area contributed by atoms with Gasteiger partial charge in [-0.05, 0) is 30.5 Å². The van der Waals surface area contributed by atoms with Gasteiger partial charge in [-0.15, -0.1) is 11.8 Å². The third-order valence-electron chi connectivity index (χ3n) is 4.79. The molecule has 2 fully saturated rings. The molecular weight excluding hydrogens is 364 g/mol. The number of fused-ring (bicyclic) bond motifs is 1. The van der Waals surface area contributed by atoms with Crippen LogP contribution in [0.5, 0.6) is 11.5 Å². The van der Waals surface area contributed by atoms with Crippen molar-refractivity contribution in [3.05, 3.63) is 42.5 Å². The Kier molecular flexibility index (Phi) is 5.71. The number of thioether (sulfide) groups is 1. The third-order valence-corrected chi connectivity index (χ3v) is 5.44. The van der Waals surface area contributed by atoms with Crippen LogP contribution < -0.4 is 14.4 Å². The number of hydrogen-bond acceptors (Lipinski definition) is 7. The van der Waals surface area contributed by atoms with E-state index in [-0.39, 0.29) is 18.3 Å². The number of aromatic nitrogens is 1. The molecule has 1 aromatic carbocycles. The summed E-state index contributed by atoms with van der Waals surface area (Å²) < 4.78 is 23.5. The Hall–Kier alpha value is -1.96. The van der Waals surface area contributed by atoms with Crippen LogP contribution in [0.1, 0.15) is 0 Å². The molecule has 3 heterocycles. The van der Waals surface area contributed by atoms with Crippen LogP contribution in [0.15, 0.2) is 47.5 Å². The molecule has 2 aromatic rings. The summed E-state index contributed by atoms with van der Waals surface area (Å²) in [7, 11) is 1.65. The van der Waals surface area contributed by atoms with Crippen LogP contribution in [0.2, 0.25) is 0 Å². The van der Waals surface area contributed by atoms with E-state index in [1.54, 1.807) is 18.9 Å². The van der Waals surface area contributed by atoms with Crippen LogP contribution in [0.3, 0.4) is 0 Å². The first-order valence-electron chi connectivity index (χ1n) is 9.05. The topological polar surface area (TPSA) is 53.0 Å². The lowest BCUT2D eigenvalue weighted by molar-refractivity contribution is -0.00461. The molecule has 0 unspecified atom stereocenters. The molecule has 144 valence electrons. The lowest BCUT2D eigenvalue weighted by Gasteiger charge is -2.20. The van der Waals surface area contributed by atoms with Gasteiger partial charge in [0.1, 0.15) is 35.6 Å². The number of ether oxygens (including phenoxy) is 4. The SMILES string of the molecule is COc1cccc(OC2CO[C@H]3CN(c4cccc(SC)n4)C[C@@H]3OC2)c1. The van der Waals surface area contributed by atoms with E-state index in [4.69, 9.17) is 18.9 Å². The van der Waals surface area contributed by atoms with Gasteiger partial charge in [0.15, 0.2) is 0 Å². The van der Waals surface area contributed by atoms with Crippen molar-refractivity contribution in [2.45, 2.75) is 23.3 Å². The maximum absolute atomic E-state index is 6.12. The molecule has 0 bridgehead atoms. The van der Waals surface area contributed by atoms with E-state index in [1.807, 2.05) is 48.7 Å². The van der Waals surface area contributed by atoms with E-state index in [0.29, 0.717) is 13.2 Å². The Labute approximate surface area is 163 Å². The van der Waals surface area contributed by atoms with Crippen LogP contribution in [-0.4, -0.2) is 63.0 Å². The Morgan fingerprint density at radius 1 is 1.04 bits per heavy atom. The summed E-state index contributed by atoms with van der Waals surface area (Å²) in [5.74, 6) is 2.51. The van der Waals surface area contributed by atoms with Gasteiger partial charge in [0.05, 0.1) is 25.3 Å². The van der Waals surface area contributed by atoms with E-state index < -0.39 is 0 Å². The first kappa shape index (κ1) is 18.4. The summed E-state index contributed by atoms with van der Waals surface area (Å²) in [4.78, 5) is 6.92. The Balaban J connectivity index is 1.36. The zero-order chi connectivity index (χ0) is 18.6. The standard InChI is InChI=1S/C20H24N2O4S/c1-23-14-5-3-6-15(9-14)26-16-12-24-17-10-22(11-18(17)25-13-16)19-7-4-8-20(21-19)27-2/h3-9,16-18H,10-13H2,1-2H3/t17-,18-/m0/s1. The summed E-state index contributed by atoms with van der Waals surface area (Å²) in [6.07, 6.45) is 1.97. The van der Waals surface area contributed by atoms with E-state index in [2.05, 4.69) is 9.88 Å². The van der Waals surface area contributed by atoms with Crippen molar-refractivity contribution in [3.8, 4) is 11.5 Å². The summed E-state index contributed by atoms with van der Waals surface area (Å²) in [5.41, 5.74) is 0. The van der Waals surface area contributed by atoms with Crippen molar-refractivity contribution < 1.29 is 18.9 Å². The van der Waals surface area contributed by atoms with Gasteiger partial charge in [-0.25, -0.2) is 4.98 Å². The average Bonchev–Trinajstić information content (AvgIpc) is 3.04. The second kappa shape index (κ2) is 8.37. The molecule has 0 saturated carbocycles. The van der Waals surface area contributed by atoms with Gasteiger partial charge in [0.25, 0.3) is 0 Å². The highest BCUT2D eigenvalue weighted by atomic mass is 32.2. The fourth-order valence-electron chi connectivity index (χ4n) is 3.39. The molecule has 0 amide bonds. The highest BCUT2D eigenvalue weighted by Crippen LogP contribution is 2.27. The van der Waals surface area contributed by atoms with Crippen LogP contribution >= 0.6 is 11.8 Å². The van der Waals surface area contributed by atoms with Gasteiger partial charge in [-0.2, -0.15) is 0 Å². The number of methoxy groups -OCH3 is 1. The fourth-order valence-corrected chi connectivity index (χ4v) is 3.79. The molecule has 1 aromatic heterocycles. The number of benzene rings is 1. The second-order valence-electron chi connectivity index (χ2n) is 6.61. The van der Waals surface area contributed by atoms with Gasteiger partial charge in [-0.3, -0.25) is 0 Å². The van der Waals surface area contributed by atoms with Crippen molar-refractivity contribution >= 4 is 17.6 Å². The molecule has 0 aliphatic carbocycles. The number of pyridine rings is 1. The molecule has 6 nitrogen and oxygen atoms in total. The quantitative estimate of drug-likeness (QED) is 0.730. The highest BCUT2D eigenvalue weighted by Gasteiger charge is 2.38. The summed E-state index contributed by atoms with van der Waals surface area (Å²) in [6.45, 7) is 2.57. The lowest BCUT2D eigenvalue weighted by atomic mass is 10.3. The van der Waals surface area contributed by atoms with Crippen LogP contribution in [-0.2, 0) is 9.47 Å². The second-order valence-corrected chi connectivity index (χ2v) is 7.43. The largest absolute Gasteiger partial charge is 0.497 e. The molecule has 2 aliphatic heterocycles. The molecule has 2 aliphatic rings. The number of anilines is 1. The normalized spacial score (nSPS) is 23.0. The van der Waals surface area contributed by atoms with Gasteiger partial charge >= 0.3 is 0 Å². The average molecular weight is 388 g/mol. The Morgan fingerprint density at radius 2 is 1.74 bits per heavy atom. The highest BCUT2D eigenvalue weighted by molar-refractivity contribution is 7.98. The number of hydrogen-bond donors (Lipinski definition) is 0. The van der Waals surface area contributed by atoms with E-state index in [0.717, 1.165) is 35.4 Å². The van der Waals surface area contributed by atoms with Crippen LogP contribution in [0.4, 0.5) is 5.82 Å². The molecule has 0 radical (unpaired) electrons. The predicted octanol–water partition coefficient (Wildman–Crippen LogP) is 2.86. The van der Waals surface area contributed by atoms with Crippen molar-refractivity contribution in [1.29, 1.82) is 0 Å². The smallest absolute Gasteiger partial charge is 0.145 e. The number of nitrogens with zero attached hydrogens (tertiary/aromatic N) is 2. The minimum absolute atomic E-state index is 0.0312. The van der Waals surface area contributed by atoms with Gasteiger partial charge in [0, 0.05) is 19.2 Å². The lowest BCUT2D eigenvalue weighted by Crippen LogP contribution is -2.29. The minimum Gasteiger partial charge on any atom is -0.497 e. The first-order valence-corrected chi connectivity index (χ1v) is 10.3. The summed E-state index contributed by atoms with van der Waals surface area (Å²) >= 11 is 1.65. The van der Waals surface area contributed by atoms with Crippen molar-refractivity contribution in [1.82, 2.24) is 4.98 Å². The predicted molar refractivity (Wildman–Crippen MR) is 105 cm³/mol. The maximum Gasteiger partial charge on any atom is 0.145 e. The van der Waals surface area contributed by atoms with Crippen molar-refractivity contribution in [2.75, 3.05) is 44.6 Å². The third kappa shape index (κ3) is 4.31. The Bertz CT molecular complexity index is 759. The molecule has 2 atom stereocenters. The maximum atomic E-state index is 6.12. The monoisotopic (exact) mass is 388 g/mol. The van der Waals surface area contributed by atoms with Crippen LogP contribution in [0, 0.1) is 0 Å². The molecule has 0 spiro atoms. The van der Waals surface area contributed by atoms with Crippen LogP contribution in [0.25, 0.3) is 0 Å². The van der Waals surface area contributed by atoms with E-state index in [1.165, 1.54) is 0 Å². The summed E-state index contributed by atoms with van der Waals surface area (Å²) in [6, 6.07) is 13.7. The molecule has 2 saturated heterocycles. The summed E-state index contributed by atoms with van der Waals surface area (Å²) in [5, 5.41) is 1.02. The minimum atomic E-state index is -0.130.